The Hall–Kier alpha value is -1.71. The zero-order chi connectivity index (χ0) is 10.8. The molecule has 0 aromatic heterocycles. The highest BCUT2D eigenvalue weighted by Crippen LogP contribution is 2.37. The molecule has 4 nitrogen and oxygen atoms in total. The largest absolute Gasteiger partial charge is 0.497 e. The van der Waals surface area contributed by atoms with E-state index in [4.69, 9.17) is 14.6 Å². The lowest BCUT2D eigenvalue weighted by Crippen LogP contribution is -2.07. The molecule has 15 heavy (non-hydrogen) atoms. The molecule has 0 aliphatic carbocycles. The van der Waals surface area contributed by atoms with Gasteiger partial charge in [-0.3, -0.25) is 4.79 Å². The van der Waals surface area contributed by atoms with Crippen molar-refractivity contribution in [2.75, 3.05) is 13.7 Å². The number of aliphatic carboxylic acids is 1. The first-order chi connectivity index (χ1) is 7.20. The maximum absolute atomic E-state index is 10.6. The fourth-order valence-corrected chi connectivity index (χ4v) is 1.76. The summed E-state index contributed by atoms with van der Waals surface area (Å²) in [6.45, 7) is 0.439. The number of hydrogen-bond acceptors (Lipinski definition) is 3. The van der Waals surface area contributed by atoms with Gasteiger partial charge in [0, 0.05) is 11.5 Å². The molecule has 0 fully saturated rings. The van der Waals surface area contributed by atoms with Gasteiger partial charge in [-0.25, -0.2) is 0 Å². The highest BCUT2D eigenvalue weighted by Gasteiger charge is 2.26. The SMILES string of the molecule is COc1ccc2c(c1)C(CC(=O)O)CO2. The number of ether oxygens (including phenoxy) is 2. The number of methoxy groups -OCH3 is 1. The Morgan fingerprint density at radius 3 is 3.13 bits per heavy atom. The third-order valence-corrected chi connectivity index (χ3v) is 2.52. The molecule has 1 unspecified atom stereocenters. The van der Waals surface area contributed by atoms with Gasteiger partial charge in [-0.15, -0.1) is 0 Å². The molecule has 1 N–H and O–H groups in total. The van der Waals surface area contributed by atoms with Gasteiger partial charge in [0.1, 0.15) is 11.5 Å². The Balaban J connectivity index is 2.27. The second-order valence-corrected chi connectivity index (χ2v) is 3.51. The predicted octanol–water partition coefficient (Wildman–Crippen LogP) is 1.65. The number of carboxylic acid groups (broad SMARTS) is 1. The van der Waals surface area contributed by atoms with E-state index >= 15 is 0 Å². The number of carbonyl (C=O) groups is 1. The molecule has 0 saturated carbocycles. The van der Waals surface area contributed by atoms with Crippen molar-refractivity contribution in [2.24, 2.45) is 0 Å². The van der Waals surface area contributed by atoms with Gasteiger partial charge in [-0.1, -0.05) is 0 Å². The van der Waals surface area contributed by atoms with Crippen LogP contribution >= 0.6 is 0 Å². The van der Waals surface area contributed by atoms with E-state index < -0.39 is 5.97 Å². The lowest BCUT2D eigenvalue weighted by molar-refractivity contribution is -0.137. The Morgan fingerprint density at radius 1 is 1.67 bits per heavy atom. The smallest absolute Gasteiger partial charge is 0.304 e. The Morgan fingerprint density at radius 2 is 2.47 bits per heavy atom. The molecule has 80 valence electrons. The summed E-state index contributed by atoms with van der Waals surface area (Å²) in [5.41, 5.74) is 0.928. The number of rotatable bonds is 3. The molecule has 1 atom stereocenters. The summed E-state index contributed by atoms with van der Waals surface area (Å²) >= 11 is 0. The maximum atomic E-state index is 10.6. The normalized spacial score (nSPS) is 18.1. The zero-order valence-corrected chi connectivity index (χ0v) is 8.40. The van der Waals surface area contributed by atoms with Crippen LogP contribution in [0.5, 0.6) is 11.5 Å². The molecule has 1 aliphatic rings. The van der Waals surface area contributed by atoms with Crippen LogP contribution in [0.4, 0.5) is 0 Å². The van der Waals surface area contributed by atoms with E-state index in [1.807, 2.05) is 18.2 Å². The van der Waals surface area contributed by atoms with Gasteiger partial charge in [0.25, 0.3) is 0 Å². The van der Waals surface area contributed by atoms with Gasteiger partial charge >= 0.3 is 5.97 Å². The fraction of sp³-hybridized carbons (Fsp3) is 0.364. The molecule has 0 bridgehead atoms. The van der Waals surface area contributed by atoms with Crippen molar-refractivity contribution in [3.8, 4) is 11.5 Å². The van der Waals surface area contributed by atoms with Crippen LogP contribution in [0.25, 0.3) is 0 Å². The summed E-state index contributed by atoms with van der Waals surface area (Å²) in [7, 11) is 1.59. The van der Waals surface area contributed by atoms with Crippen LogP contribution in [0.2, 0.25) is 0 Å². The quantitative estimate of drug-likeness (QED) is 0.820. The number of carboxylic acids is 1. The standard InChI is InChI=1S/C11H12O4/c1-14-8-2-3-10-9(5-8)7(6-15-10)4-11(12)13/h2-3,5,7H,4,6H2,1H3,(H,12,13). The van der Waals surface area contributed by atoms with Crippen molar-refractivity contribution in [2.45, 2.75) is 12.3 Å². The highest BCUT2D eigenvalue weighted by atomic mass is 16.5. The minimum absolute atomic E-state index is 0.0624. The molecule has 2 rings (SSSR count). The van der Waals surface area contributed by atoms with E-state index in [2.05, 4.69) is 0 Å². The van der Waals surface area contributed by atoms with Crippen LogP contribution in [0.15, 0.2) is 18.2 Å². The lowest BCUT2D eigenvalue weighted by Gasteiger charge is -2.06. The van der Waals surface area contributed by atoms with Crippen LogP contribution in [-0.4, -0.2) is 24.8 Å². The second-order valence-electron chi connectivity index (χ2n) is 3.51. The maximum Gasteiger partial charge on any atom is 0.304 e. The predicted molar refractivity (Wildman–Crippen MR) is 53.5 cm³/mol. The minimum Gasteiger partial charge on any atom is -0.497 e. The molecule has 4 heteroatoms. The lowest BCUT2D eigenvalue weighted by atomic mass is 9.98. The first-order valence-electron chi connectivity index (χ1n) is 4.73. The van der Waals surface area contributed by atoms with E-state index in [-0.39, 0.29) is 12.3 Å². The monoisotopic (exact) mass is 208 g/mol. The number of fused-ring (bicyclic) bond motifs is 1. The van der Waals surface area contributed by atoms with E-state index in [1.54, 1.807) is 7.11 Å². The van der Waals surface area contributed by atoms with Crippen LogP contribution in [-0.2, 0) is 4.79 Å². The zero-order valence-electron chi connectivity index (χ0n) is 8.40. The van der Waals surface area contributed by atoms with Gasteiger partial charge in [-0.2, -0.15) is 0 Å². The molecule has 1 aromatic rings. The average Bonchev–Trinajstić information content (AvgIpc) is 2.60. The van der Waals surface area contributed by atoms with Crippen LogP contribution in [0.3, 0.4) is 0 Å². The molecule has 0 radical (unpaired) electrons. The summed E-state index contributed by atoms with van der Waals surface area (Å²) < 4.78 is 10.5. The Bertz CT molecular complexity index is 386. The molecular formula is C11H12O4. The van der Waals surface area contributed by atoms with Crippen LogP contribution in [0, 0.1) is 0 Å². The molecular weight excluding hydrogens is 196 g/mol. The molecule has 0 amide bonds. The summed E-state index contributed by atoms with van der Waals surface area (Å²) in [4.78, 5) is 10.6. The van der Waals surface area contributed by atoms with Crippen molar-refractivity contribution in [3.05, 3.63) is 23.8 Å². The van der Waals surface area contributed by atoms with E-state index in [1.165, 1.54) is 0 Å². The second kappa shape index (κ2) is 3.81. The Kier molecular flexibility index (Phi) is 2.49. The average molecular weight is 208 g/mol. The topological polar surface area (TPSA) is 55.8 Å². The summed E-state index contributed by atoms with van der Waals surface area (Å²) in [6, 6.07) is 5.47. The van der Waals surface area contributed by atoms with E-state index in [9.17, 15) is 4.79 Å². The van der Waals surface area contributed by atoms with Gasteiger partial charge < -0.3 is 14.6 Å². The molecule has 1 aromatic carbocycles. The van der Waals surface area contributed by atoms with E-state index in [0.29, 0.717) is 6.61 Å². The summed E-state index contributed by atoms with van der Waals surface area (Å²) in [6.07, 6.45) is 0.0974. The van der Waals surface area contributed by atoms with Crippen molar-refractivity contribution in [3.63, 3.8) is 0 Å². The van der Waals surface area contributed by atoms with Gasteiger partial charge in [0.05, 0.1) is 20.1 Å². The van der Waals surface area contributed by atoms with E-state index in [0.717, 1.165) is 17.1 Å². The first kappa shape index (κ1) is 9.83. The molecule has 0 spiro atoms. The third kappa shape index (κ3) is 1.88. The highest BCUT2D eigenvalue weighted by molar-refractivity contribution is 5.68. The first-order valence-corrected chi connectivity index (χ1v) is 4.73. The molecule has 1 aliphatic heterocycles. The van der Waals surface area contributed by atoms with Crippen molar-refractivity contribution >= 4 is 5.97 Å². The van der Waals surface area contributed by atoms with Crippen molar-refractivity contribution in [1.82, 2.24) is 0 Å². The van der Waals surface area contributed by atoms with Crippen molar-refractivity contribution < 1.29 is 19.4 Å². The van der Waals surface area contributed by atoms with Gasteiger partial charge in [-0.05, 0) is 18.2 Å². The number of benzene rings is 1. The molecule has 1 heterocycles. The summed E-state index contributed by atoms with van der Waals surface area (Å²) in [5.74, 6) is 0.628. The van der Waals surface area contributed by atoms with Crippen LogP contribution < -0.4 is 9.47 Å². The number of hydrogen-bond donors (Lipinski definition) is 1. The van der Waals surface area contributed by atoms with Crippen LogP contribution in [0.1, 0.15) is 17.9 Å². The summed E-state index contributed by atoms with van der Waals surface area (Å²) in [5, 5.41) is 8.74. The molecule has 0 saturated heterocycles. The van der Waals surface area contributed by atoms with Gasteiger partial charge in [0.2, 0.25) is 0 Å². The Labute approximate surface area is 87.4 Å². The van der Waals surface area contributed by atoms with Gasteiger partial charge in [0.15, 0.2) is 0 Å². The minimum atomic E-state index is -0.806. The fourth-order valence-electron chi connectivity index (χ4n) is 1.76. The third-order valence-electron chi connectivity index (χ3n) is 2.52. The van der Waals surface area contributed by atoms with Crippen molar-refractivity contribution in [1.29, 1.82) is 0 Å².